The number of hydrogen-bond acceptors (Lipinski definition) is 4. The van der Waals surface area contributed by atoms with Gasteiger partial charge < -0.3 is 21.3 Å². The third-order valence-corrected chi connectivity index (χ3v) is 5.27. The Kier molecular flexibility index (Phi) is 37.2. The fourth-order valence-electron chi connectivity index (χ4n) is 2.78. The Morgan fingerprint density at radius 3 is 1.45 bits per heavy atom. The lowest BCUT2D eigenvalue weighted by Gasteiger charge is -2.12. The van der Waals surface area contributed by atoms with E-state index < -0.39 is 0 Å². The first kappa shape index (κ1) is 43.0. The van der Waals surface area contributed by atoms with Crippen molar-refractivity contribution in [2.45, 2.75) is 128 Å². The van der Waals surface area contributed by atoms with Crippen LogP contribution in [-0.2, 0) is 19.2 Å². The van der Waals surface area contributed by atoms with Crippen LogP contribution in [0.2, 0.25) is 0 Å². The summed E-state index contributed by atoms with van der Waals surface area (Å²) in [7, 11) is 0. The highest BCUT2D eigenvalue weighted by atomic mass is 16.2. The van der Waals surface area contributed by atoms with E-state index in [9.17, 15) is 19.2 Å². The first-order valence-corrected chi connectivity index (χ1v) is 15.2. The van der Waals surface area contributed by atoms with Crippen molar-refractivity contribution >= 4 is 23.6 Å². The zero-order valence-electron chi connectivity index (χ0n) is 26.9. The van der Waals surface area contributed by atoms with Crippen molar-refractivity contribution in [3.63, 3.8) is 0 Å². The second-order valence-electron chi connectivity index (χ2n) is 9.34. The van der Waals surface area contributed by atoms with E-state index in [2.05, 4.69) is 49.0 Å². The first-order chi connectivity index (χ1) is 18.1. The molecule has 2 aliphatic rings. The summed E-state index contributed by atoms with van der Waals surface area (Å²) in [6.45, 7) is 25.7. The van der Waals surface area contributed by atoms with Crippen molar-refractivity contribution in [1.82, 2.24) is 21.3 Å². The Bertz CT molecular complexity index is 532. The SMILES string of the molecule is CC.CC.CCCC(C)C(=O)NCC(C)C.CCCNC(=O)C(C)CC.O=C1CCCN1.O=C1CCCN1. The van der Waals surface area contributed by atoms with E-state index in [-0.39, 0.29) is 35.5 Å². The third kappa shape index (κ3) is 31.9. The average molecular weight is 545 g/mol. The van der Waals surface area contributed by atoms with Crippen molar-refractivity contribution in [2.75, 3.05) is 26.2 Å². The van der Waals surface area contributed by atoms with Gasteiger partial charge in [0.2, 0.25) is 23.6 Å². The van der Waals surface area contributed by atoms with Crippen LogP contribution in [0.4, 0.5) is 0 Å². The van der Waals surface area contributed by atoms with E-state index in [4.69, 9.17) is 0 Å². The first-order valence-electron chi connectivity index (χ1n) is 15.2. The van der Waals surface area contributed by atoms with E-state index in [0.717, 1.165) is 77.5 Å². The molecule has 8 heteroatoms. The Morgan fingerprint density at radius 2 is 1.18 bits per heavy atom. The van der Waals surface area contributed by atoms with Gasteiger partial charge in [-0.2, -0.15) is 0 Å². The van der Waals surface area contributed by atoms with Gasteiger partial charge in [0.15, 0.2) is 0 Å². The van der Waals surface area contributed by atoms with E-state index in [1.807, 2.05) is 48.5 Å². The third-order valence-electron chi connectivity index (χ3n) is 5.27. The topological polar surface area (TPSA) is 116 Å². The quantitative estimate of drug-likeness (QED) is 0.302. The minimum absolute atomic E-state index is 0.173. The molecule has 4 amide bonds. The van der Waals surface area contributed by atoms with E-state index in [0.29, 0.717) is 5.92 Å². The fourth-order valence-corrected chi connectivity index (χ4v) is 2.78. The normalized spacial score (nSPS) is 14.4. The van der Waals surface area contributed by atoms with E-state index >= 15 is 0 Å². The van der Waals surface area contributed by atoms with Gasteiger partial charge in [-0.1, -0.05) is 82.6 Å². The molecule has 0 spiro atoms. The maximum Gasteiger partial charge on any atom is 0.222 e. The summed E-state index contributed by atoms with van der Waals surface area (Å²) in [6, 6.07) is 0. The molecule has 0 aliphatic carbocycles. The predicted molar refractivity (Wildman–Crippen MR) is 162 cm³/mol. The van der Waals surface area contributed by atoms with Gasteiger partial charge in [-0.3, -0.25) is 19.2 Å². The smallest absolute Gasteiger partial charge is 0.222 e. The van der Waals surface area contributed by atoms with Gasteiger partial charge >= 0.3 is 0 Å². The molecule has 2 heterocycles. The lowest BCUT2D eigenvalue weighted by Crippen LogP contribution is -2.31. The van der Waals surface area contributed by atoms with Gasteiger partial charge in [0.1, 0.15) is 0 Å². The molecule has 0 saturated carbocycles. The van der Waals surface area contributed by atoms with Crippen LogP contribution in [0, 0.1) is 17.8 Å². The molecule has 2 unspecified atom stereocenters. The standard InChI is InChI=1S/C10H21NO.C8H17NO.2C4H7NO.2C2H6/c1-5-6-9(4)10(12)11-7-8(2)3;1-4-6-9-8(10)7(3)5-2;2*6-4-2-1-3-5-4;2*1-2/h8-9H,5-7H2,1-4H3,(H,11,12);7H,4-6H2,1-3H3,(H,9,10);2*1-3H2,(H,5,6);2*1-2H3. The highest BCUT2D eigenvalue weighted by Gasteiger charge is 2.11. The Morgan fingerprint density at radius 1 is 0.737 bits per heavy atom. The summed E-state index contributed by atoms with van der Waals surface area (Å²) in [6.07, 6.45) is 7.54. The molecule has 0 radical (unpaired) electrons. The second-order valence-corrected chi connectivity index (χ2v) is 9.34. The Balaban J connectivity index is -0.000000200. The maximum absolute atomic E-state index is 11.3. The van der Waals surface area contributed by atoms with Crippen LogP contribution in [-0.4, -0.2) is 49.8 Å². The number of nitrogens with one attached hydrogen (secondary N) is 4. The molecule has 2 fully saturated rings. The summed E-state index contributed by atoms with van der Waals surface area (Å²) < 4.78 is 0. The largest absolute Gasteiger partial charge is 0.356 e. The summed E-state index contributed by atoms with van der Waals surface area (Å²) in [5, 5.41) is 11.1. The molecule has 0 aromatic heterocycles. The van der Waals surface area contributed by atoms with Gasteiger partial charge in [0.05, 0.1) is 0 Å². The van der Waals surface area contributed by atoms with E-state index in [1.54, 1.807) is 0 Å². The molecule has 8 nitrogen and oxygen atoms in total. The van der Waals surface area contributed by atoms with Crippen molar-refractivity contribution in [3.8, 4) is 0 Å². The van der Waals surface area contributed by atoms with Crippen LogP contribution in [0.1, 0.15) is 128 Å². The molecular formula is C30H64N4O4. The number of rotatable bonds is 9. The average Bonchev–Trinajstić information content (AvgIpc) is 3.62. The van der Waals surface area contributed by atoms with Crippen LogP contribution in [0.15, 0.2) is 0 Å². The highest BCUT2D eigenvalue weighted by molar-refractivity contribution is 5.79. The fraction of sp³-hybridized carbons (Fsp3) is 0.867. The van der Waals surface area contributed by atoms with Gasteiger partial charge in [0, 0.05) is 50.9 Å². The zero-order chi connectivity index (χ0) is 30.4. The predicted octanol–water partition coefficient (Wildman–Crippen LogP) is 5.60. The molecule has 38 heavy (non-hydrogen) atoms. The van der Waals surface area contributed by atoms with Gasteiger partial charge in [-0.05, 0) is 38.0 Å². The number of carbonyl (C=O) groups is 4. The molecule has 2 rings (SSSR count). The molecule has 2 aliphatic heterocycles. The van der Waals surface area contributed by atoms with Gasteiger partial charge in [-0.25, -0.2) is 0 Å². The van der Waals surface area contributed by atoms with Crippen molar-refractivity contribution < 1.29 is 19.2 Å². The minimum atomic E-state index is 0.173. The van der Waals surface area contributed by atoms with Crippen molar-refractivity contribution in [1.29, 1.82) is 0 Å². The summed E-state index contributed by atoms with van der Waals surface area (Å²) in [5.41, 5.74) is 0. The van der Waals surface area contributed by atoms with Crippen molar-refractivity contribution in [3.05, 3.63) is 0 Å². The summed E-state index contributed by atoms with van der Waals surface area (Å²) >= 11 is 0. The lowest BCUT2D eigenvalue weighted by atomic mass is 10.1. The molecule has 0 aromatic rings. The Hall–Kier alpha value is -2.12. The Labute approximate surface area is 235 Å². The molecule has 0 aromatic carbocycles. The minimum Gasteiger partial charge on any atom is -0.356 e. The molecular weight excluding hydrogens is 480 g/mol. The molecule has 2 saturated heterocycles. The molecule has 2 atom stereocenters. The van der Waals surface area contributed by atoms with Crippen LogP contribution in [0.3, 0.4) is 0 Å². The van der Waals surface area contributed by atoms with Crippen LogP contribution < -0.4 is 21.3 Å². The molecule has 228 valence electrons. The van der Waals surface area contributed by atoms with E-state index in [1.165, 1.54) is 0 Å². The summed E-state index contributed by atoms with van der Waals surface area (Å²) in [5.74, 6) is 1.68. The monoisotopic (exact) mass is 544 g/mol. The highest BCUT2D eigenvalue weighted by Crippen LogP contribution is 2.04. The number of hydrogen-bond donors (Lipinski definition) is 4. The number of carbonyl (C=O) groups excluding carboxylic acids is 4. The maximum atomic E-state index is 11.3. The van der Waals surface area contributed by atoms with Gasteiger partial charge in [0.25, 0.3) is 0 Å². The van der Waals surface area contributed by atoms with Crippen LogP contribution in [0.5, 0.6) is 0 Å². The lowest BCUT2D eigenvalue weighted by molar-refractivity contribution is -0.125. The van der Waals surface area contributed by atoms with Crippen LogP contribution >= 0.6 is 0 Å². The second kappa shape index (κ2) is 32.9. The molecule has 0 bridgehead atoms. The van der Waals surface area contributed by atoms with Crippen molar-refractivity contribution in [2.24, 2.45) is 17.8 Å². The van der Waals surface area contributed by atoms with Crippen LogP contribution in [0.25, 0.3) is 0 Å². The molecule has 4 N–H and O–H groups in total. The zero-order valence-corrected chi connectivity index (χ0v) is 26.9. The summed E-state index contributed by atoms with van der Waals surface area (Å²) in [4.78, 5) is 42.6. The number of amides is 4. The van der Waals surface area contributed by atoms with Gasteiger partial charge in [-0.15, -0.1) is 0 Å².